The van der Waals surface area contributed by atoms with Crippen molar-refractivity contribution in [2.45, 2.75) is 46.6 Å². The van der Waals surface area contributed by atoms with E-state index in [1.54, 1.807) is 0 Å². The second-order valence-corrected chi connectivity index (χ2v) is 4.40. The van der Waals surface area contributed by atoms with Crippen LogP contribution in [0.1, 0.15) is 42.5 Å². The molecule has 0 aliphatic rings. The van der Waals surface area contributed by atoms with Gasteiger partial charge in [0.15, 0.2) is 0 Å². The van der Waals surface area contributed by atoms with Gasteiger partial charge in [-0.05, 0) is 50.8 Å². The second kappa shape index (κ2) is 3.74. The summed E-state index contributed by atoms with van der Waals surface area (Å²) in [5.74, 6) is 0. The molecule has 0 amide bonds. The Bertz CT molecular complexity index is 314. The molecule has 1 rings (SSSR count). The van der Waals surface area contributed by atoms with E-state index in [4.69, 9.17) is 0 Å². The molecule has 1 nitrogen and oxygen atoms in total. The second-order valence-electron chi connectivity index (χ2n) is 4.40. The van der Waals surface area contributed by atoms with Crippen molar-refractivity contribution in [3.63, 3.8) is 0 Å². The molecule has 0 saturated heterocycles. The molecule has 0 fully saturated rings. The van der Waals surface area contributed by atoms with Gasteiger partial charge in [0.05, 0.1) is 5.60 Å². The molecule has 78 valence electrons. The lowest BCUT2D eigenvalue weighted by molar-refractivity contribution is 0.0518. The highest BCUT2D eigenvalue weighted by molar-refractivity contribution is 5.40. The first-order valence-electron chi connectivity index (χ1n) is 5.19. The van der Waals surface area contributed by atoms with E-state index in [0.29, 0.717) is 0 Å². The summed E-state index contributed by atoms with van der Waals surface area (Å²) in [6.45, 7) is 10.1. The van der Waals surface area contributed by atoms with Gasteiger partial charge < -0.3 is 5.11 Å². The fourth-order valence-corrected chi connectivity index (χ4v) is 2.21. The quantitative estimate of drug-likeness (QED) is 0.762. The van der Waals surface area contributed by atoms with E-state index < -0.39 is 5.60 Å². The Hall–Kier alpha value is -0.820. The Morgan fingerprint density at radius 2 is 1.57 bits per heavy atom. The van der Waals surface area contributed by atoms with Crippen LogP contribution in [0.5, 0.6) is 0 Å². The molecule has 1 aromatic carbocycles. The minimum absolute atomic E-state index is 0.693. The van der Waals surface area contributed by atoms with Crippen molar-refractivity contribution < 1.29 is 5.11 Å². The van der Waals surface area contributed by atoms with Crippen LogP contribution in [0.4, 0.5) is 0 Å². The maximum Gasteiger partial charge on any atom is 0.0871 e. The summed E-state index contributed by atoms with van der Waals surface area (Å²) in [6.07, 6.45) is 0.748. The van der Waals surface area contributed by atoms with Gasteiger partial charge in [0, 0.05) is 0 Å². The molecule has 0 spiro atoms. The lowest BCUT2D eigenvalue weighted by Crippen LogP contribution is -2.22. The molecular formula is C13H20O. The zero-order chi connectivity index (χ0) is 10.9. The van der Waals surface area contributed by atoms with Crippen molar-refractivity contribution in [1.82, 2.24) is 0 Å². The Kier molecular flexibility index (Phi) is 3.01. The topological polar surface area (TPSA) is 20.2 Å². The van der Waals surface area contributed by atoms with Crippen LogP contribution in [0.25, 0.3) is 0 Å². The Labute approximate surface area is 86.8 Å². The maximum atomic E-state index is 10.2. The third kappa shape index (κ3) is 1.98. The summed E-state index contributed by atoms with van der Waals surface area (Å²) >= 11 is 0. The van der Waals surface area contributed by atoms with Gasteiger partial charge in [0.25, 0.3) is 0 Å². The molecule has 1 atom stereocenters. The van der Waals surface area contributed by atoms with Gasteiger partial charge in [-0.3, -0.25) is 0 Å². The Balaban J connectivity index is 3.35. The van der Waals surface area contributed by atoms with Gasteiger partial charge in [-0.25, -0.2) is 0 Å². The number of aliphatic hydroxyl groups is 1. The number of benzene rings is 1. The number of hydrogen-bond acceptors (Lipinski definition) is 1. The fraction of sp³-hybridized carbons (Fsp3) is 0.538. The van der Waals surface area contributed by atoms with Gasteiger partial charge in [0.2, 0.25) is 0 Å². The molecule has 0 heterocycles. The van der Waals surface area contributed by atoms with Gasteiger partial charge >= 0.3 is 0 Å². The molecule has 0 saturated carbocycles. The average molecular weight is 192 g/mol. The fourth-order valence-electron chi connectivity index (χ4n) is 2.21. The van der Waals surface area contributed by atoms with Crippen LogP contribution in [-0.2, 0) is 5.60 Å². The van der Waals surface area contributed by atoms with Crippen LogP contribution in [0.3, 0.4) is 0 Å². The van der Waals surface area contributed by atoms with Crippen LogP contribution < -0.4 is 0 Å². The van der Waals surface area contributed by atoms with Crippen LogP contribution in [0.2, 0.25) is 0 Å². The Morgan fingerprint density at radius 3 is 1.93 bits per heavy atom. The van der Waals surface area contributed by atoms with E-state index in [9.17, 15) is 5.11 Å². The van der Waals surface area contributed by atoms with Gasteiger partial charge in [0.1, 0.15) is 0 Å². The summed E-state index contributed by atoms with van der Waals surface area (Å²) < 4.78 is 0. The normalized spacial score (nSPS) is 15.3. The van der Waals surface area contributed by atoms with Crippen molar-refractivity contribution >= 4 is 0 Å². The molecule has 14 heavy (non-hydrogen) atoms. The van der Waals surface area contributed by atoms with Crippen LogP contribution in [0.15, 0.2) is 12.1 Å². The highest BCUT2D eigenvalue weighted by atomic mass is 16.3. The number of rotatable bonds is 2. The molecule has 0 aliphatic carbocycles. The van der Waals surface area contributed by atoms with Crippen molar-refractivity contribution in [2.75, 3.05) is 0 Å². The highest BCUT2D eigenvalue weighted by Gasteiger charge is 2.24. The summed E-state index contributed by atoms with van der Waals surface area (Å²) in [4.78, 5) is 0. The predicted octanol–water partition coefficient (Wildman–Crippen LogP) is 3.23. The highest BCUT2D eigenvalue weighted by Crippen LogP contribution is 2.30. The summed E-state index contributed by atoms with van der Waals surface area (Å²) in [5, 5.41) is 10.2. The first-order chi connectivity index (χ1) is 6.38. The Morgan fingerprint density at radius 1 is 1.14 bits per heavy atom. The van der Waals surface area contributed by atoms with Crippen LogP contribution >= 0.6 is 0 Å². The molecule has 0 aromatic heterocycles. The largest absolute Gasteiger partial charge is 0.385 e. The molecule has 0 aliphatic heterocycles. The average Bonchev–Trinajstić information content (AvgIpc) is 2.01. The van der Waals surface area contributed by atoms with Crippen LogP contribution in [-0.4, -0.2) is 5.11 Å². The van der Waals surface area contributed by atoms with Crippen molar-refractivity contribution in [3.8, 4) is 0 Å². The standard InChI is InChI=1S/C13H20O/c1-6-13(5,14)12-10(3)7-9(2)8-11(12)4/h7-8,14H,6H2,1-5H3. The van der Waals surface area contributed by atoms with Gasteiger partial charge in [-0.15, -0.1) is 0 Å². The minimum Gasteiger partial charge on any atom is -0.385 e. The third-order valence-electron chi connectivity index (χ3n) is 2.90. The third-order valence-corrected chi connectivity index (χ3v) is 2.90. The van der Waals surface area contributed by atoms with Crippen molar-refractivity contribution in [2.24, 2.45) is 0 Å². The molecule has 1 aromatic rings. The van der Waals surface area contributed by atoms with E-state index in [1.807, 2.05) is 13.8 Å². The smallest absolute Gasteiger partial charge is 0.0871 e. The predicted molar refractivity (Wildman–Crippen MR) is 60.5 cm³/mol. The molecule has 1 heteroatoms. The zero-order valence-electron chi connectivity index (χ0n) is 9.81. The first kappa shape index (κ1) is 11.3. The maximum absolute atomic E-state index is 10.2. The molecule has 0 bridgehead atoms. The zero-order valence-corrected chi connectivity index (χ0v) is 9.81. The SMILES string of the molecule is CCC(C)(O)c1c(C)cc(C)cc1C. The van der Waals surface area contributed by atoms with E-state index in [0.717, 1.165) is 12.0 Å². The van der Waals surface area contributed by atoms with Gasteiger partial charge in [-0.1, -0.05) is 24.6 Å². The summed E-state index contributed by atoms with van der Waals surface area (Å²) in [6, 6.07) is 4.26. The lowest BCUT2D eigenvalue weighted by atomic mass is 9.85. The molecular weight excluding hydrogens is 172 g/mol. The molecule has 1 unspecified atom stereocenters. The van der Waals surface area contributed by atoms with Crippen LogP contribution in [0, 0.1) is 20.8 Å². The van der Waals surface area contributed by atoms with E-state index in [2.05, 4.69) is 32.9 Å². The summed E-state index contributed by atoms with van der Waals surface area (Å²) in [7, 11) is 0. The summed E-state index contributed by atoms with van der Waals surface area (Å²) in [5.41, 5.74) is 4.03. The van der Waals surface area contributed by atoms with Crippen molar-refractivity contribution in [3.05, 3.63) is 34.4 Å². The van der Waals surface area contributed by atoms with Crippen molar-refractivity contribution in [1.29, 1.82) is 0 Å². The van der Waals surface area contributed by atoms with E-state index in [-0.39, 0.29) is 0 Å². The van der Waals surface area contributed by atoms with Gasteiger partial charge in [-0.2, -0.15) is 0 Å². The first-order valence-corrected chi connectivity index (χ1v) is 5.19. The molecule has 0 radical (unpaired) electrons. The number of hydrogen-bond donors (Lipinski definition) is 1. The lowest BCUT2D eigenvalue weighted by Gasteiger charge is -2.26. The monoisotopic (exact) mass is 192 g/mol. The van der Waals surface area contributed by atoms with E-state index in [1.165, 1.54) is 16.7 Å². The molecule has 1 N–H and O–H groups in total. The number of aryl methyl sites for hydroxylation is 3. The minimum atomic E-state index is -0.693. The van der Waals surface area contributed by atoms with E-state index >= 15 is 0 Å².